The number of methoxy groups -OCH3 is 1. The van der Waals surface area contributed by atoms with E-state index in [4.69, 9.17) is 13.9 Å². The van der Waals surface area contributed by atoms with Crippen molar-refractivity contribution in [1.82, 2.24) is 0 Å². The van der Waals surface area contributed by atoms with E-state index in [9.17, 15) is 5.11 Å². The monoisotopic (exact) mass is 548 g/mol. The van der Waals surface area contributed by atoms with Gasteiger partial charge in [-0.15, -0.1) is 0 Å². The Kier molecular flexibility index (Phi) is 9.37. The predicted molar refractivity (Wildman–Crippen MR) is 159 cm³/mol. The first kappa shape index (κ1) is 30.7. The molecule has 0 bridgehead atoms. The van der Waals surface area contributed by atoms with E-state index < -0.39 is 8.32 Å². The van der Waals surface area contributed by atoms with Crippen LogP contribution in [0, 0.1) is 40.4 Å². The highest BCUT2D eigenvalue weighted by molar-refractivity contribution is 6.77. The normalized spacial score (nSPS) is 40.2. The summed E-state index contributed by atoms with van der Waals surface area (Å²) in [4.78, 5) is 0. The Hall–Kier alpha value is -0.203. The fraction of sp³-hybridized carbons (Fsp3) is 0.939. The lowest BCUT2D eigenvalue weighted by molar-refractivity contribution is -0.133. The number of ether oxygens (including phenoxy) is 2. The average molecular weight is 549 g/mol. The minimum Gasteiger partial charge on any atom is -0.416 e. The summed E-state index contributed by atoms with van der Waals surface area (Å²) in [5.41, 5.74) is 4.03. The van der Waals surface area contributed by atoms with Crippen LogP contribution in [0.25, 0.3) is 0 Å². The molecular formula is C33H60O4Si. The van der Waals surface area contributed by atoms with Crippen LogP contribution in [-0.2, 0) is 13.9 Å². The lowest BCUT2D eigenvalue weighted by Crippen LogP contribution is -2.54. The van der Waals surface area contributed by atoms with Crippen molar-refractivity contribution in [2.45, 2.75) is 136 Å². The van der Waals surface area contributed by atoms with Crippen molar-refractivity contribution in [1.29, 1.82) is 0 Å². The second-order valence-electron chi connectivity index (χ2n) is 15.2. The lowest BCUT2D eigenvalue weighted by Gasteiger charge is -2.59. The van der Waals surface area contributed by atoms with E-state index in [1.54, 1.807) is 12.7 Å². The van der Waals surface area contributed by atoms with Crippen LogP contribution in [0.1, 0.15) is 107 Å². The quantitative estimate of drug-likeness (QED) is 0.169. The topological polar surface area (TPSA) is 47.9 Å². The summed E-state index contributed by atoms with van der Waals surface area (Å²) >= 11 is 0. The Morgan fingerprint density at radius 2 is 1.50 bits per heavy atom. The molecule has 4 rings (SSSR count). The minimum atomic E-state index is -1.85. The summed E-state index contributed by atoms with van der Waals surface area (Å²) in [6.07, 6.45) is 10.5. The van der Waals surface area contributed by atoms with Gasteiger partial charge in [-0.25, -0.2) is 0 Å². The van der Waals surface area contributed by atoms with Gasteiger partial charge in [-0.2, -0.15) is 0 Å². The van der Waals surface area contributed by atoms with Crippen LogP contribution in [0.2, 0.25) is 16.6 Å². The molecule has 0 aromatic heterocycles. The molecule has 3 unspecified atom stereocenters. The molecule has 0 radical (unpaired) electrons. The third-order valence-corrected chi connectivity index (χ3v) is 18.6. The van der Waals surface area contributed by atoms with Gasteiger partial charge in [0, 0.05) is 13.7 Å². The van der Waals surface area contributed by atoms with Gasteiger partial charge in [0.15, 0.2) is 8.32 Å². The molecule has 3 fully saturated rings. The van der Waals surface area contributed by atoms with E-state index >= 15 is 0 Å². The smallest absolute Gasteiger partial charge is 0.200 e. The Bertz CT molecular complexity index is 817. The molecule has 0 saturated heterocycles. The molecule has 1 N–H and O–H groups in total. The van der Waals surface area contributed by atoms with E-state index in [1.807, 2.05) is 0 Å². The first-order valence-corrected chi connectivity index (χ1v) is 18.1. The van der Waals surface area contributed by atoms with E-state index in [1.165, 1.54) is 25.7 Å². The Morgan fingerprint density at radius 3 is 2.11 bits per heavy atom. The second kappa shape index (κ2) is 11.6. The molecule has 220 valence electrons. The van der Waals surface area contributed by atoms with E-state index in [-0.39, 0.29) is 17.6 Å². The first-order chi connectivity index (χ1) is 17.8. The van der Waals surface area contributed by atoms with Crippen LogP contribution in [0.4, 0.5) is 0 Å². The largest absolute Gasteiger partial charge is 0.416 e. The number of aliphatic hydroxyl groups is 1. The third kappa shape index (κ3) is 5.03. The molecule has 5 heteroatoms. The van der Waals surface area contributed by atoms with Crippen LogP contribution in [0.5, 0.6) is 0 Å². The highest BCUT2D eigenvalue weighted by atomic mass is 28.4. The van der Waals surface area contributed by atoms with Crippen LogP contribution in [-0.4, -0.2) is 46.1 Å². The maximum atomic E-state index is 11.5. The van der Waals surface area contributed by atoms with Gasteiger partial charge in [-0.1, -0.05) is 74.0 Å². The van der Waals surface area contributed by atoms with Gasteiger partial charge < -0.3 is 19.0 Å². The zero-order valence-corrected chi connectivity index (χ0v) is 27.4. The summed E-state index contributed by atoms with van der Waals surface area (Å²) in [5, 5.41) is 11.5. The number of hydrogen-bond acceptors (Lipinski definition) is 4. The van der Waals surface area contributed by atoms with Gasteiger partial charge in [-0.3, -0.25) is 0 Å². The summed E-state index contributed by atoms with van der Waals surface area (Å²) in [6, 6.07) is 0. The van der Waals surface area contributed by atoms with Gasteiger partial charge >= 0.3 is 0 Å². The highest BCUT2D eigenvalue weighted by Gasteiger charge is 2.60. The fourth-order valence-electron chi connectivity index (χ4n) is 10.7. The summed E-state index contributed by atoms with van der Waals surface area (Å²) in [6.45, 7) is 23.2. The number of hydrogen-bond donors (Lipinski definition) is 1. The zero-order chi connectivity index (χ0) is 28.0. The summed E-state index contributed by atoms with van der Waals surface area (Å²) in [7, 11) is -0.163. The molecule has 0 amide bonds. The zero-order valence-electron chi connectivity index (χ0n) is 26.4. The van der Waals surface area contributed by atoms with Crippen molar-refractivity contribution in [3.05, 3.63) is 11.6 Å². The Balaban J connectivity index is 1.51. The first-order valence-electron chi connectivity index (χ1n) is 16.0. The molecule has 0 aliphatic heterocycles. The maximum absolute atomic E-state index is 11.5. The molecule has 4 aliphatic carbocycles. The Morgan fingerprint density at radius 1 is 0.895 bits per heavy atom. The molecule has 3 saturated carbocycles. The van der Waals surface area contributed by atoms with E-state index in [0.717, 1.165) is 25.9 Å². The molecule has 0 heterocycles. The molecule has 4 aliphatic rings. The molecule has 4 nitrogen and oxygen atoms in total. The Labute approximate surface area is 235 Å². The van der Waals surface area contributed by atoms with Crippen LogP contribution in [0.15, 0.2) is 11.6 Å². The van der Waals surface area contributed by atoms with E-state index in [0.29, 0.717) is 58.4 Å². The molecule has 38 heavy (non-hydrogen) atoms. The van der Waals surface area contributed by atoms with Gasteiger partial charge in [0.2, 0.25) is 0 Å². The van der Waals surface area contributed by atoms with Crippen LogP contribution < -0.4 is 0 Å². The van der Waals surface area contributed by atoms with Gasteiger partial charge in [0.1, 0.15) is 6.79 Å². The number of fused-ring (bicyclic) bond motifs is 5. The molecule has 9 atom stereocenters. The standard InChI is InChI=1S/C33H60O4Si/c1-21(2)38(22(3)4,23(5)6)37-19-24(7)27-11-12-28-26-18-31(34)30-17-25(36-20-35-10)13-15-33(30,9)29(26)14-16-32(27,28)8/h18,21-25,27-31,34H,11-17,19-20H2,1-10H3/t24?,25-,27?,28-,29?,30+,31-,32+,33+/m0/s1. The lowest BCUT2D eigenvalue weighted by atomic mass is 9.47. The van der Waals surface area contributed by atoms with Crippen molar-refractivity contribution in [2.75, 3.05) is 20.5 Å². The third-order valence-electron chi connectivity index (χ3n) is 12.5. The molecule has 0 spiro atoms. The van der Waals surface area contributed by atoms with Crippen molar-refractivity contribution in [3.63, 3.8) is 0 Å². The van der Waals surface area contributed by atoms with Gasteiger partial charge in [0.25, 0.3) is 0 Å². The molecule has 0 aromatic carbocycles. The summed E-state index contributed by atoms with van der Waals surface area (Å²) < 4.78 is 18.3. The molecule has 0 aromatic rings. The van der Waals surface area contributed by atoms with E-state index in [2.05, 4.69) is 68.4 Å². The van der Waals surface area contributed by atoms with Crippen molar-refractivity contribution < 1.29 is 19.0 Å². The fourth-order valence-corrected chi connectivity index (χ4v) is 16.3. The van der Waals surface area contributed by atoms with Crippen molar-refractivity contribution in [3.8, 4) is 0 Å². The number of aliphatic hydroxyl groups excluding tert-OH is 1. The number of allylic oxidation sites excluding steroid dienone is 1. The SMILES string of the molecule is COCO[C@H]1CC[C@]2(C)C3CC[C@]4(C)C(C(C)CO[Si](C(C)C)(C(C)C)C(C)C)CC[C@H]4C3=C[C@H](O)[C@H]2C1. The van der Waals surface area contributed by atoms with Crippen LogP contribution in [0.3, 0.4) is 0 Å². The molecular weight excluding hydrogens is 488 g/mol. The maximum Gasteiger partial charge on any atom is 0.200 e. The minimum absolute atomic E-state index is 0.182. The average Bonchev–Trinajstić information content (AvgIpc) is 3.20. The second-order valence-corrected chi connectivity index (χ2v) is 20.6. The summed E-state index contributed by atoms with van der Waals surface area (Å²) in [5.74, 6) is 2.81. The van der Waals surface area contributed by atoms with Gasteiger partial charge in [-0.05, 0) is 102 Å². The van der Waals surface area contributed by atoms with Crippen molar-refractivity contribution in [2.24, 2.45) is 40.4 Å². The highest BCUT2D eigenvalue weighted by Crippen LogP contribution is 2.67. The van der Waals surface area contributed by atoms with Crippen LogP contribution >= 0.6 is 0 Å². The van der Waals surface area contributed by atoms with Gasteiger partial charge in [0.05, 0.1) is 12.2 Å². The number of rotatable bonds is 10. The van der Waals surface area contributed by atoms with Crippen molar-refractivity contribution >= 4 is 8.32 Å². The predicted octanol–water partition coefficient (Wildman–Crippen LogP) is 8.35.